The van der Waals surface area contributed by atoms with Gasteiger partial charge in [-0.15, -0.1) is 12.6 Å². The van der Waals surface area contributed by atoms with E-state index in [-0.39, 0.29) is 5.91 Å². The molecule has 7 heteroatoms. The predicted octanol–water partition coefficient (Wildman–Crippen LogP) is 1.02. The number of alkyl halides is 1. The minimum Gasteiger partial charge on any atom is -0.325 e. The highest BCUT2D eigenvalue weighted by atomic mass is 79.9. The van der Waals surface area contributed by atoms with Crippen molar-refractivity contribution in [1.82, 2.24) is 0 Å². The summed E-state index contributed by atoms with van der Waals surface area (Å²) in [5.74, 6) is -0.0313. The molecule has 1 rings (SSSR count). The number of carbonyl (C=O) groups is 1. The van der Waals surface area contributed by atoms with Crippen LogP contribution in [0.4, 0.5) is 5.69 Å². The van der Waals surface area contributed by atoms with Crippen LogP contribution in [-0.4, -0.2) is 23.9 Å². The van der Waals surface area contributed by atoms with Crippen molar-refractivity contribution in [1.29, 1.82) is 0 Å². The van der Waals surface area contributed by atoms with Crippen molar-refractivity contribution in [3.8, 4) is 0 Å². The van der Waals surface area contributed by atoms with E-state index >= 15 is 0 Å². The van der Waals surface area contributed by atoms with E-state index in [0.717, 1.165) is 5.69 Å². The van der Waals surface area contributed by atoms with Crippen LogP contribution in [0.25, 0.3) is 0 Å². The van der Waals surface area contributed by atoms with Gasteiger partial charge in [0.15, 0.2) is 0 Å². The second kappa shape index (κ2) is 8.13. The van der Waals surface area contributed by atoms with Crippen molar-refractivity contribution in [2.45, 2.75) is 0 Å². The molecule has 15 heavy (non-hydrogen) atoms. The van der Waals surface area contributed by atoms with Crippen molar-refractivity contribution >= 4 is 38.1 Å². The SMILES string of the molecule is O=C(CBr)Nc1ccccc1.O=S(=O)=O. The maximum absolute atomic E-state index is 10.8. The molecule has 0 saturated carbocycles. The maximum Gasteiger partial charge on any atom is 0.425 e. The van der Waals surface area contributed by atoms with Crippen LogP contribution in [0.1, 0.15) is 0 Å². The van der Waals surface area contributed by atoms with Gasteiger partial charge in [-0.2, -0.15) is 0 Å². The number of halogens is 1. The van der Waals surface area contributed by atoms with Crippen LogP contribution in [0.2, 0.25) is 0 Å². The standard InChI is InChI=1S/C8H8BrNO.O3S/c9-6-8(11)10-7-4-2-1-3-5-7;1-4(2)3/h1-5H,6H2,(H,10,11);. The molecular weight excluding hydrogens is 286 g/mol. The Morgan fingerprint density at radius 3 is 2.07 bits per heavy atom. The van der Waals surface area contributed by atoms with Crippen LogP contribution in [0.15, 0.2) is 30.3 Å². The van der Waals surface area contributed by atoms with Gasteiger partial charge >= 0.3 is 10.6 Å². The summed E-state index contributed by atoms with van der Waals surface area (Å²) in [6, 6.07) is 9.36. The van der Waals surface area contributed by atoms with Crippen molar-refractivity contribution in [2.24, 2.45) is 0 Å². The zero-order chi connectivity index (χ0) is 11.7. The molecule has 82 valence electrons. The summed E-state index contributed by atoms with van der Waals surface area (Å²) in [5.41, 5.74) is 0.831. The third-order valence-electron chi connectivity index (χ3n) is 1.18. The highest BCUT2D eigenvalue weighted by Crippen LogP contribution is 2.04. The Morgan fingerprint density at radius 2 is 1.67 bits per heavy atom. The van der Waals surface area contributed by atoms with Gasteiger partial charge in [0.2, 0.25) is 5.91 Å². The fraction of sp³-hybridized carbons (Fsp3) is 0.125. The second-order valence-electron chi connectivity index (χ2n) is 2.25. The fourth-order valence-corrected chi connectivity index (χ4v) is 0.856. The monoisotopic (exact) mass is 293 g/mol. The van der Waals surface area contributed by atoms with Gasteiger partial charge in [0.1, 0.15) is 0 Å². The molecular formula is C8H8BrNO4S. The van der Waals surface area contributed by atoms with Gasteiger partial charge in [0.05, 0.1) is 5.33 Å². The number of hydrogen-bond donors (Lipinski definition) is 1. The molecule has 0 aliphatic heterocycles. The Bertz CT molecular complexity index is 396. The molecule has 0 aliphatic rings. The topological polar surface area (TPSA) is 80.3 Å². The number of amides is 1. The molecule has 0 bridgehead atoms. The summed E-state index contributed by atoms with van der Waals surface area (Å²) < 4.78 is 25.3. The Balaban J connectivity index is 0.000000423. The molecule has 5 nitrogen and oxygen atoms in total. The Labute approximate surface area is 96.7 Å². The fourth-order valence-electron chi connectivity index (χ4n) is 0.716. The quantitative estimate of drug-likeness (QED) is 0.826. The van der Waals surface area contributed by atoms with Crippen LogP contribution < -0.4 is 5.32 Å². The minimum atomic E-state index is -3.11. The largest absolute Gasteiger partial charge is 0.425 e. The molecule has 0 atom stereocenters. The summed E-state index contributed by atoms with van der Waals surface area (Å²) in [6.07, 6.45) is 0. The summed E-state index contributed by atoms with van der Waals surface area (Å²) in [4.78, 5) is 10.8. The van der Waals surface area contributed by atoms with Gasteiger partial charge < -0.3 is 5.32 Å². The van der Waals surface area contributed by atoms with Crippen molar-refractivity contribution in [3.63, 3.8) is 0 Å². The number of hydrogen-bond acceptors (Lipinski definition) is 4. The number of anilines is 1. The van der Waals surface area contributed by atoms with E-state index < -0.39 is 10.6 Å². The molecule has 0 unspecified atom stereocenters. The van der Waals surface area contributed by atoms with Crippen LogP contribution >= 0.6 is 15.9 Å². The molecule has 0 spiro atoms. The van der Waals surface area contributed by atoms with Gasteiger partial charge in [-0.1, -0.05) is 34.1 Å². The minimum absolute atomic E-state index is 0.0313. The first kappa shape index (κ1) is 13.8. The Hall–Kier alpha value is -1.21. The summed E-state index contributed by atoms with van der Waals surface area (Å²) >= 11 is 3.06. The smallest absolute Gasteiger partial charge is 0.325 e. The third-order valence-corrected chi connectivity index (χ3v) is 1.69. The van der Waals surface area contributed by atoms with Crippen LogP contribution in [-0.2, 0) is 15.4 Å². The lowest BCUT2D eigenvalue weighted by molar-refractivity contribution is -0.113. The third kappa shape index (κ3) is 9.10. The molecule has 1 aromatic rings. The normalized spacial score (nSPS) is 8.33. The molecule has 0 aliphatic carbocycles. The average Bonchev–Trinajstić information content (AvgIpc) is 2.18. The maximum atomic E-state index is 10.8. The highest BCUT2D eigenvalue weighted by Gasteiger charge is 1.96. The lowest BCUT2D eigenvalue weighted by Gasteiger charge is -2.00. The zero-order valence-corrected chi connectivity index (χ0v) is 9.92. The van der Waals surface area contributed by atoms with E-state index in [1.807, 2.05) is 30.3 Å². The predicted molar refractivity (Wildman–Crippen MR) is 58.6 cm³/mol. The first-order valence-electron chi connectivity index (χ1n) is 3.74. The zero-order valence-electron chi connectivity index (χ0n) is 7.51. The number of rotatable bonds is 2. The Morgan fingerprint density at radius 1 is 1.20 bits per heavy atom. The van der Waals surface area contributed by atoms with Crippen molar-refractivity contribution in [3.05, 3.63) is 30.3 Å². The summed E-state index contributed by atoms with van der Waals surface area (Å²) in [5, 5.41) is 3.04. The van der Waals surface area contributed by atoms with Gasteiger partial charge in [-0.25, -0.2) is 0 Å². The number of carbonyl (C=O) groups excluding carboxylic acids is 1. The van der Waals surface area contributed by atoms with E-state index in [1.165, 1.54) is 0 Å². The summed E-state index contributed by atoms with van der Waals surface area (Å²) in [7, 11) is -3.11. The van der Waals surface area contributed by atoms with E-state index in [0.29, 0.717) is 5.33 Å². The number of nitrogens with one attached hydrogen (secondary N) is 1. The molecule has 1 N–H and O–H groups in total. The van der Waals surface area contributed by atoms with Crippen LogP contribution in [0.5, 0.6) is 0 Å². The molecule has 0 radical (unpaired) electrons. The lowest BCUT2D eigenvalue weighted by Crippen LogP contribution is -2.11. The van der Waals surface area contributed by atoms with Gasteiger partial charge in [-0.3, -0.25) is 4.79 Å². The van der Waals surface area contributed by atoms with Gasteiger partial charge in [-0.05, 0) is 12.1 Å². The number of benzene rings is 1. The molecule has 0 fully saturated rings. The van der Waals surface area contributed by atoms with Crippen molar-refractivity contribution in [2.75, 3.05) is 10.6 Å². The number of para-hydroxylation sites is 1. The first-order valence-corrected chi connectivity index (χ1v) is 5.86. The van der Waals surface area contributed by atoms with Crippen LogP contribution in [0, 0.1) is 0 Å². The van der Waals surface area contributed by atoms with E-state index in [1.54, 1.807) is 0 Å². The molecule has 0 aromatic heterocycles. The van der Waals surface area contributed by atoms with E-state index in [2.05, 4.69) is 21.2 Å². The first-order chi connectivity index (χ1) is 7.06. The molecule has 1 aromatic carbocycles. The average molecular weight is 294 g/mol. The highest BCUT2D eigenvalue weighted by molar-refractivity contribution is 9.09. The molecule has 0 saturated heterocycles. The van der Waals surface area contributed by atoms with Crippen molar-refractivity contribution < 1.29 is 17.4 Å². The van der Waals surface area contributed by atoms with Gasteiger partial charge in [0.25, 0.3) is 0 Å². The lowest BCUT2D eigenvalue weighted by atomic mass is 10.3. The van der Waals surface area contributed by atoms with Gasteiger partial charge in [0, 0.05) is 5.69 Å². The second-order valence-corrected chi connectivity index (χ2v) is 3.22. The Kier molecular flexibility index (Phi) is 7.47. The van der Waals surface area contributed by atoms with E-state index in [4.69, 9.17) is 12.6 Å². The molecule has 0 heterocycles. The van der Waals surface area contributed by atoms with E-state index in [9.17, 15) is 4.79 Å². The van der Waals surface area contributed by atoms with Crippen LogP contribution in [0.3, 0.4) is 0 Å². The molecule has 1 amide bonds. The summed E-state index contributed by atoms with van der Waals surface area (Å²) in [6.45, 7) is 0.